The highest BCUT2D eigenvalue weighted by Gasteiger charge is 2.18. The number of hydrogen-bond donors (Lipinski definition) is 0. The van der Waals surface area contributed by atoms with Crippen molar-refractivity contribution in [1.29, 1.82) is 0 Å². The van der Waals surface area contributed by atoms with E-state index in [1.807, 2.05) is 0 Å². The van der Waals surface area contributed by atoms with Crippen molar-refractivity contribution in [3.63, 3.8) is 0 Å². The fourth-order valence-corrected chi connectivity index (χ4v) is 1.84. The van der Waals surface area contributed by atoms with Gasteiger partial charge < -0.3 is 4.57 Å². The van der Waals surface area contributed by atoms with E-state index >= 15 is 0 Å². The van der Waals surface area contributed by atoms with Crippen LogP contribution in [0.4, 0.5) is 0 Å². The van der Waals surface area contributed by atoms with Gasteiger partial charge in [0.1, 0.15) is 0 Å². The van der Waals surface area contributed by atoms with Crippen LogP contribution in [0.25, 0.3) is 0 Å². The normalized spacial score (nSPS) is 12.9. The quantitative estimate of drug-likeness (QED) is 0.673. The average Bonchev–Trinajstić information content (AvgIpc) is 2.45. The molecule has 0 N–H and O–H groups in total. The zero-order valence-corrected chi connectivity index (χ0v) is 11.3. The van der Waals surface area contributed by atoms with Crippen LogP contribution < -0.4 is 0 Å². The summed E-state index contributed by atoms with van der Waals surface area (Å²) in [5.41, 5.74) is 3.19. The van der Waals surface area contributed by atoms with Gasteiger partial charge in [-0.25, -0.2) is 0 Å². The van der Waals surface area contributed by atoms with Gasteiger partial charge in [0.2, 0.25) is 0 Å². The predicted octanol–water partition coefficient (Wildman–Crippen LogP) is 4.49. The molecule has 0 atom stereocenters. The molecule has 15 heavy (non-hydrogen) atoms. The summed E-state index contributed by atoms with van der Waals surface area (Å²) < 4.78 is 2.34. The Hall–Kier alpha value is -0.720. The Balaban J connectivity index is 3.21. The smallest absolute Gasteiger partial charge is 0.0355 e. The summed E-state index contributed by atoms with van der Waals surface area (Å²) in [6.45, 7) is 15.8. The van der Waals surface area contributed by atoms with E-state index in [0.29, 0.717) is 11.8 Å². The second-order valence-electron chi connectivity index (χ2n) is 6.06. The van der Waals surface area contributed by atoms with Crippen LogP contribution in [0.5, 0.6) is 0 Å². The van der Waals surface area contributed by atoms with Crippen LogP contribution in [0.2, 0.25) is 0 Å². The van der Waals surface area contributed by atoms with E-state index in [1.165, 1.54) is 11.1 Å². The minimum absolute atomic E-state index is 0.191. The Morgan fingerprint density at radius 1 is 0.867 bits per heavy atom. The maximum absolute atomic E-state index is 2.34. The van der Waals surface area contributed by atoms with Crippen LogP contribution >= 0.6 is 0 Å². The Labute approximate surface area is 94.5 Å². The van der Waals surface area contributed by atoms with E-state index < -0.39 is 0 Å². The molecule has 0 aromatic carbocycles. The first kappa shape index (κ1) is 12.4. The molecule has 1 heterocycles. The average molecular weight is 207 g/mol. The van der Waals surface area contributed by atoms with Gasteiger partial charge in [-0.05, 0) is 43.7 Å². The fraction of sp³-hybridized carbons (Fsp3) is 0.714. The lowest BCUT2D eigenvalue weighted by Crippen LogP contribution is -2.19. The molecular weight excluding hydrogens is 182 g/mol. The van der Waals surface area contributed by atoms with Crippen molar-refractivity contribution in [2.45, 2.75) is 65.8 Å². The largest absolute Gasteiger partial charge is 0.349 e. The third-order valence-electron chi connectivity index (χ3n) is 2.91. The Bertz CT molecular complexity index is 298. The maximum atomic E-state index is 2.34. The molecule has 1 heteroatoms. The SMILES string of the molecule is CC(C)c1cn(C(C)(C)C)cc1C(C)C. The van der Waals surface area contributed by atoms with Gasteiger partial charge in [-0.1, -0.05) is 27.7 Å². The van der Waals surface area contributed by atoms with Gasteiger partial charge in [-0.3, -0.25) is 0 Å². The number of nitrogens with zero attached hydrogens (tertiary/aromatic N) is 1. The minimum Gasteiger partial charge on any atom is -0.349 e. The molecule has 1 aromatic rings. The Kier molecular flexibility index (Phi) is 3.32. The minimum atomic E-state index is 0.191. The van der Waals surface area contributed by atoms with Crippen molar-refractivity contribution < 1.29 is 0 Å². The fourth-order valence-electron chi connectivity index (χ4n) is 1.84. The molecule has 0 saturated carbocycles. The molecule has 0 aliphatic rings. The zero-order valence-electron chi connectivity index (χ0n) is 11.3. The maximum Gasteiger partial charge on any atom is 0.0355 e. The first-order valence-corrected chi connectivity index (χ1v) is 5.95. The summed E-state index contributed by atoms with van der Waals surface area (Å²) in [7, 11) is 0. The highest BCUT2D eigenvalue weighted by atomic mass is 15.0. The van der Waals surface area contributed by atoms with Gasteiger partial charge >= 0.3 is 0 Å². The first-order chi connectivity index (χ1) is 6.73. The second kappa shape index (κ2) is 4.03. The summed E-state index contributed by atoms with van der Waals surface area (Å²) in [5.74, 6) is 1.23. The zero-order chi connectivity index (χ0) is 11.8. The van der Waals surface area contributed by atoms with E-state index in [0.717, 1.165) is 0 Å². The lowest BCUT2D eigenvalue weighted by atomic mass is 9.95. The van der Waals surface area contributed by atoms with Crippen LogP contribution in [0, 0.1) is 0 Å². The van der Waals surface area contributed by atoms with Crippen LogP contribution in [0.3, 0.4) is 0 Å². The summed E-state index contributed by atoms with van der Waals surface area (Å²) in [5, 5.41) is 0. The highest BCUT2D eigenvalue weighted by molar-refractivity contribution is 5.30. The summed E-state index contributed by atoms with van der Waals surface area (Å²) in [4.78, 5) is 0. The molecule has 0 radical (unpaired) electrons. The molecule has 0 aliphatic heterocycles. The Morgan fingerprint density at radius 2 is 1.20 bits per heavy atom. The van der Waals surface area contributed by atoms with Crippen molar-refractivity contribution >= 4 is 0 Å². The first-order valence-electron chi connectivity index (χ1n) is 5.95. The van der Waals surface area contributed by atoms with Gasteiger partial charge in [0, 0.05) is 17.9 Å². The van der Waals surface area contributed by atoms with Crippen LogP contribution in [0.15, 0.2) is 12.4 Å². The molecule has 0 saturated heterocycles. The molecule has 1 aromatic heterocycles. The third-order valence-corrected chi connectivity index (χ3v) is 2.91. The van der Waals surface area contributed by atoms with Gasteiger partial charge in [0.15, 0.2) is 0 Å². The van der Waals surface area contributed by atoms with E-state index in [9.17, 15) is 0 Å². The van der Waals surface area contributed by atoms with Crippen molar-refractivity contribution in [1.82, 2.24) is 4.57 Å². The van der Waals surface area contributed by atoms with E-state index in [4.69, 9.17) is 0 Å². The molecule has 1 rings (SSSR count). The molecule has 1 nitrogen and oxygen atoms in total. The molecular formula is C14H25N. The van der Waals surface area contributed by atoms with Crippen LogP contribution in [-0.2, 0) is 5.54 Å². The molecule has 0 unspecified atom stereocenters. The van der Waals surface area contributed by atoms with Crippen molar-refractivity contribution in [3.05, 3.63) is 23.5 Å². The summed E-state index contributed by atoms with van der Waals surface area (Å²) in [6, 6.07) is 0. The van der Waals surface area contributed by atoms with Crippen molar-refractivity contribution in [2.75, 3.05) is 0 Å². The second-order valence-corrected chi connectivity index (χ2v) is 6.06. The number of rotatable bonds is 2. The van der Waals surface area contributed by atoms with Gasteiger partial charge in [0.25, 0.3) is 0 Å². The van der Waals surface area contributed by atoms with Gasteiger partial charge in [0.05, 0.1) is 0 Å². The molecule has 0 fully saturated rings. The van der Waals surface area contributed by atoms with Crippen molar-refractivity contribution in [2.24, 2.45) is 0 Å². The monoisotopic (exact) mass is 207 g/mol. The highest BCUT2D eigenvalue weighted by Crippen LogP contribution is 2.29. The molecule has 0 aliphatic carbocycles. The van der Waals surface area contributed by atoms with E-state index in [1.54, 1.807) is 0 Å². The van der Waals surface area contributed by atoms with E-state index in [2.05, 4.69) is 65.4 Å². The third kappa shape index (κ3) is 2.64. The molecule has 86 valence electrons. The Morgan fingerprint density at radius 3 is 1.40 bits per heavy atom. The van der Waals surface area contributed by atoms with Crippen LogP contribution in [0.1, 0.15) is 71.4 Å². The van der Waals surface area contributed by atoms with E-state index in [-0.39, 0.29) is 5.54 Å². The molecule has 0 spiro atoms. The van der Waals surface area contributed by atoms with Gasteiger partial charge in [-0.2, -0.15) is 0 Å². The summed E-state index contributed by atoms with van der Waals surface area (Å²) in [6.07, 6.45) is 4.64. The van der Waals surface area contributed by atoms with Crippen LogP contribution in [-0.4, -0.2) is 4.57 Å². The number of hydrogen-bond acceptors (Lipinski definition) is 0. The number of aromatic nitrogens is 1. The topological polar surface area (TPSA) is 4.93 Å². The molecule has 0 amide bonds. The lowest BCUT2D eigenvalue weighted by molar-refractivity contribution is 0.397. The van der Waals surface area contributed by atoms with Crippen molar-refractivity contribution in [3.8, 4) is 0 Å². The summed E-state index contributed by atoms with van der Waals surface area (Å²) >= 11 is 0. The predicted molar refractivity (Wildman–Crippen MR) is 67.6 cm³/mol. The standard InChI is InChI=1S/C14H25N/c1-10(2)12-8-15(14(5,6)7)9-13(12)11(3)4/h8-11H,1-7H3. The molecule has 0 bridgehead atoms. The van der Waals surface area contributed by atoms with Gasteiger partial charge in [-0.15, -0.1) is 0 Å². The lowest BCUT2D eigenvalue weighted by Gasteiger charge is -2.21.